The van der Waals surface area contributed by atoms with E-state index in [2.05, 4.69) is 23.3 Å². The minimum absolute atomic E-state index is 0.0456. The normalized spacial score (nSPS) is 13.8. The molecule has 202 valence electrons. The Labute approximate surface area is 226 Å². The fraction of sp³-hybridized carbons (Fsp3) is 0.483. The van der Waals surface area contributed by atoms with Crippen LogP contribution >= 0.6 is 12.6 Å². The van der Waals surface area contributed by atoms with Crippen molar-refractivity contribution in [3.63, 3.8) is 0 Å². The minimum Gasteiger partial charge on any atom is -0.444 e. The van der Waals surface area contributed by atoms with E-state index in [4.69, 9.17) is 4.74 Å². The Kier molecular flexibility index (Phi) is 10.6. The Morgan fingerprint density at radius 2 is 1.62 bits per heavy atom. The van der Waals surface area contributed by atoms with Crippen molar-refractivity contribution in [2.24, 2.45) is 0 Å². The van der Waals surface area contributed by atoms with Crippen LogP contribution in [0.2, 0.25) is 0 Å². The highest BCUT2D eigenvalue weighted by Gasteiger charge is 2.38. The second kappa shape index (κ2) is 13.0. The summed E-state index contributed by atoms with van der Waals surface area (Å²) in [5.41, 5.74) is 3.54. The van der Waals surface area contributed by atoms with E-state index in [9.17, 15) is 14.4 Å². The number of alkyl carbamates (subject to hydrolysis) is 1. The van der Waals surface area contributed by atoms with Crippen molar-refractivity contribution in [3.05, 3.63) is 64.7 Å². The Balaban J connectivity index is 2.56. The molecule has 7 nitrogen and oxygen atoms in total. The van der Waals surface area contributed by atoms with Gasteiger partial charge in [-0.3, -0.25) is 9.59 Å². The number of carbonyl (C=O) groups is 3. The summed E-state index contributed by atoms with van der Waals surface area (Å²) in [5, 5.41) is 5.68. The maximum Gasteiger partial charge on any atom is 0.408 e. The number of benzene rings is 2. The number of para-hydroxylation sites is 1. The third-order valence-electron chi connectivity index (χ3n) is 5.98. The number of hydrogen-bond donors (Lipinski definition) is 3. The summed E-state index contributed by atoms with van der Waals surface area (Å²) in [5.74, 6) is -0.688. The lowest BCUT2D eigenvalue weighted by molar-refractivity contribution is -0.142. The molecule has 0 heterocycles. The number of thiol groups is 1. The van der Waals surface area contributed by atoms with Gasteiger partial charge < -0.3 is 20.3 Å². The maximum absolute atomic E-state index is 14.0. The molecule has 0 fully saturated rings. The lowest BCUT2D eigenvalue weighted by atomic mass is 9.96. The van der Waals surface area contributed by atoms with Crippen LogP contribution in [0.5, 0.6) is 0 Å². The van der Waals surface area contributed by atoms with Gasteiger partial charge in [0.15, 0.2) is 0 Å². The zero-order valence-electron chi connectivity index (χ0n) is 23.2. The molecule has 0 bridgehead atoms. The van der Waals surface area contributed by atoms with Crippen LogP contribution in [0, 0.1) is 20.8 Å². The molecule has 2 aromatic carbocycles. The molecule has 0 aromatic heterocycles. The molecule has 2 rings (SSSR count). The standard InChI is InChI=1S/C29H41N3O4S/c1-9-21(5)32(27(34)24(17-37)31-28(35)36-29(6,7)8)25(22-15-18(2)14-19(3)16-22)26(33)30-23-13-11-10-12-20(23)4/h10-16,21,24-25,37H,9,17H2,1-8H3,(H,30,33)(H,31,35). The van der Waals surface area contributed by atoms with Gasteiger partial charge in [-0.05, 0) is 72.1 Å². The molecular formula is C29H41N3O4S. The van der Waals surface area contributed by atoms with E-state index in [1.807, 2.05) is 77.1 Å². The van der Waals surface area contributed by atoms with Crippen molar-refractivity contribution in [3.8, 4) is 0 Å². The summed E-state index contributed by atoms with van der Waals surface area (Å²) < 4.78 is 5.37. The van der Waals surface area contributed by atoms with Gasteiger partial charge in [-0.15, -0.1) is 0 Å². The van der Waals surface area contributed by atoms with Crippen LogP contribution in [0.15, 0.2) is 42.5 Å². The third kappa shape index (κ3) is 8.52. The first-order chi connectivity index (χ1) is 17.3. The Morgan fingerprint density at radius 1 is 1.03 bits per heavy atom. The second-order valence-corrected chi connectivity index (χ2v) is 10.9. The fourth-order valence-electron chi connectivity index (χ4n) is 4.13. The van der Waals surface area contributed by atoms with Crippen molar-refractivity contribution >= 4 is 36.2 Å². The molecule has 0 spiro atoms. The molecular weight excluding hydrogens is 486 g/mol. The second-order valence-electron chi connectivity index (χ2n) is 10.5. The van der Waals surface area contributed by atoms with E-state index < -0.39 is 29.7 Å². The zero-order chi connectivity index (χ0) is 27.9. The van der Waals surface area contributed by atoms with Gasteiger partial charge in [0.05, 0.1) is 0 Å². The van der Waals surface area contributed by atoms with Crippen molar-refractivity contribution in [1.29, 1.82) is 0 Å². The highest BCUT2D eigenvalue weighted by molar-refractivity contribution is 7.80. The van der Waals surface area contributed by atoms with Gasteiger partial charge in [-0.25, -0.2) is 4.79 Å². The summed E-state index contributed by atoms with van der Waals surface area (Å²) >= 11 is 4.35. The number of ether oxygens (including phenoxy) is 1. The summed E-state index contributed by atoms with van der Waals surface area (Å²) in [7, 11) is 0. The number of rotatable bonds is 9. The molecule has 3 atom stereocenters. The fourth-order valence-corrected chi connectivity index (χ4v) is 4.38. The van der Waals surface area contributed by atoms with Gasteiger partial charge in [0.2, 0.25) is 5.91 Å². The molecule has 0 saturated carbocycles. The molecule has 0 radical (unpaired) electrons. The van der Waals surface area contributed by atoms with E-state index in [0.29, 0.717) is 17.7 Å². The van der Waals surface area contributed by atoms with E-state index in [-0.39, 0.29) is 17.7 Å². The number of carbonyl (C=O) groups excluding carboxylic acids is 3. The molecule has 0 aliphatic carbocycles. The van der Waals surface area contributed by atoms with Crippen LogP contribution in [0.25, 0.3) is 0 Å². The van der Waals surface area contributed by atoms with Crippen molar-refractivity contribution in [2.45, 2.75) is 85.5 Å². The summed E-state index contributed by atoms with van der Waals surface area (Å²) in [6, 6.07) is 11.2. The van der Waals surface area contributed by atoms with E-state index in [0.717, 1.165) is 16.7 Å². The number of aryl methyl sites for hydroxylation is 3. The van der Waals surface area contributed by atoms with Gasteiger partial charge >= 0.3 is 6.09 Å². The summed E-state index contributed by atoms with van der Waals surface area (Å²) in [6.07, 6.45) is -0.104. The molecule has 0 saturated heterocycles. The zero-order valence-corrected chi connectivity index (χ0v) is 24.1. The molecule has 3 unspecified atom stereocenters. The van der Waals surface area contributed by atoms with Crippen LogP contribution in [-0.4, -0.2) is 46.2 Å². The molecule has 2 N–H and O–H groups in total. The Bertz CT molecular complexity index is 1090. The molecule has 8 heteroatoms. The predicted octanol–water partition coefficient (Wildman–Crippen LogP) is 5.74. The monoisotopic (exact) mass is 527 g/mol. The molecule has 0 aliphatic heterocycles. The van der Waals surface area contributed by atoms with E-state index in [1.165, 1.54) is 0 Å². The van der Waals surface area contributed by atoms with Crippen LogP contribution < -0.4 is 10.6 Å². The molecule has 2 aromatic rings. The predicted molar refractivity (Wildman–Crippen MR) is 152 cm³/mol. The SMILES string of the molecule is CCC(C)N(C(=O)C(CS)NC(=O)OC(C)(C)C)C(C(=O)Nc1ccccc1C)c1cc(C)cc(C)c1. The van der Waals surface area contributed by atoms with Gasteiger partial charge in [-0.1, -0.05) is 54.4 Å². The van der Waals surface area contributed by atoms with Gasteiger partial charge in [-0.2, -0.15) is 12.6 Å². The largest absolute Gasteiger partial charge is 0.444 e. The number of amides is 3. The number of nitrogens with zero attached hydrogens (tertiary/aromatic N) is 1. The third-order valence-corrected chi connectivity index (χ3v) is 6.35. The summed E-state index contributed by atoms with van der Waals surface area (Å²) in [4.78, 5) is 42.0. The first-order valence-corrected chi connectivity index (χ1v) is 13.3. The van der Waals surface area contributed by atoms with Gasteiger partial charge in [0, 0.05) is 17.5 Å². The lowest BCUT2D eigenvalue weighted by Gasteiger charge is -2.38. The molecule has 3 amide bonds. The highest BCUT2D eigenvalue weighted by Crippen LogP contribution is 2.29. The number of anilines is 1. The quantitative estimate of drug-likeness (QED) is 0.363. The maximum atomic E-state index is 14.0. The highest BCUT2D eigenvalue weighted by atomic mass is 32.1. The van der Waals surface area contributed by atoms with Crippen molar-refractivity contribution in [1.82, 2.24) is 10.2 Å². The van der Waals surface area contributed by atoms with Gasteiger partial charge in [0.1, 0.15) is 17.7 Å². The molecule has 37 heavy (non-hydrogen) atoms. The van der Waals surface area contributed by atoms with E-state index >= 15 is 0 Å². The Hall–Kier alpha value is -3.00. The first kappa shape index (κ1) is 30.2. The lowest BCUT2D eigenvalue weighted by Crippen LogP contribution is -2.55. The van der Waals surface area contributed by atoms with Crippen LogP contribution in [0.1, 0.15) is 69.3 Å². The smallest absolute Gasteiger partial charge is 0.408 e. The first-order valence-electron chi connectivity index (χ1n) is 12.6. The number of hydrogen-bond acceptors (Lipinski definition) is 5. The van der Waals surface area contributed by atoms with E-state index in [1.54, 1.807) is 25.7 Å². The Morgan fingerprint density at radius 3 is 2.14 bits per heavy atom. The van der Waals surface area contributed by atoms with Gasteiger partial charge in [0.25, 0.3) is 5.91 Å². The average Bonchev–Trinajstić information content (AvgIpc) is 2.79. The minimum atomic E-state index is -0.980. The van der Waals surface area contributed by atoms with Crippen LogP contribution in [0.3, 0.4) is 0 Å². The number of nitrogens with one attached hydrogen (secondary N) is 2. The van der Waals surface area contributed by atoms with Crippen molar-refractivity contribution in [2.75, 3.05) is 11.1 Å². The van der Waals surface area contributed by atoms with Crippen LogP contribution in [-0.2, 0) is 14.3 Å². The summed E-state index contributed by atoms with van der Waals surface area (Å²) in [6.45, 7) is 15.0. The van der Waals surface area contributed by atoms with Crippen molar-refractivity contribution < 1.29 is 19.1 Å². The topological polar surface area (TPSA) is 87.7 Å². The van der Waals surface area contributed by atoms with Crippen LogP contribution in [0.4, 0.5) is 10.5 Å². The average molecular weight is 528 g/mol. The molecule has 0 aliphatic rings.